The predicted molar refractivity (Wildman–Crippen MR) is 99.4 cm³/mol. The third-order valence-electron chi connectivity index (χ3n) is 5.63. The third kappa shape index (κ3) is 3.01. The van der Waals surface area contributed by atoms with Gasteiger partial charge in [0.1, 0.15) is 0 Å². The average molecular weight is 336 g/mol. The van der Waals surface area contributed by atoms with Gasteiger partial charge in [0.05, 0.1) is 11.6 Å². The van der Waals surface area contributed by atoms with Gasteiger partial charge in [0.25, 0.3) is 0 Å². The topological polar surface area (TPSA) is 40.6 Å². The molecule has 0 bridgehead atoms. The quantitative estimate of drug-likeness (QED) is 0.843. The van der Waals surface area contributed by atoms with Crippen molar-refractivity contribution in [3.63, 3.8) is 0 Å². The lowest BCUT2D eigenvalue weighted by molar-refractivity contribution is -0.137. The van der Waals surface area contributed by atoms with Crippen molar-refractivity contribution in [1.82, 2.24) is 4.90 Å². The van der Waals surface area contributed by atoms with E-state index in [1.165, 1.54) is 0 Å². The van der Waals surface area contributed by atoms with Crippen LogP contribution in [0.25, 0.3) is 10.8 Å². The van der Waals surface area contributed by atoms with E-state index in [9.17, 15) is 9.59 Å². The Hall–Kier alpha value is -2.36. The van der Waals surface area contributed by atoms with Gasteiger partial charge in [0, 0.05) is 31.4 Å². The molecule has 1 atom stereocenters. The molecule has 2 aliphatic rings. The number of amides is 2. The number of piperidine rings is 1. The molecular formula is C21H24N2O2. The highest BCUT2D eigenvalue weighted by molar-refractivity contribution is 6.06. The van der Waals surface area contributed by atoms with Crippen molar-refractivity contribution < 1.29 is 9.59 Å². The van der Waals surface area contributed by atoms with Gasteiger partial charge in [0.2, 0.25) is 11.8 Å². The van der Waals surface area contributed by atoms with E-state index < -0.39 is 0 Å². The van der Waals surface area contributed by atoms with Gasteiger partial charge in [-0.25, -0.2) is 0 Å². The SMILES string of the molecule is CC1CCN(C(=O)C2CC(=O)N(c3cccc4ccccc34)C2)CC1. The number of hydrogen-bond donors (Lipinski definition) is 0. The van der Waals surface area contributed by atoms with Gasteiger partial charge < -0.3 is 9.80 Å². The molecule has 2 amide bonds. The number of rotatable bonds is 2. The minimum Gasteiger partial charge on any atom is -0.342 e. The van der Waals surface area contributed by atoms with Crippen LogP contribution in [0, 0.1) is 11.8 Å². The van der Waals surface area contributed by atoms with Crippen LogP contribution < -0.4 is 4.90 Å². The number of benzene rings is 2. The summed E-state index contributed by atoms with van der Waals surface area (Å²) in [5.41, 5.74) is 0.922. The standard InChI is InChI=1S/C21H24N2O2/c1-15-9-11-22(12-10-15)21(25)17-13-20(24)23(14-17)19-8-4-6-16-5-2-3-7-18(16)19/h2-8,15,17H,9-14H2,1H3. The van der Waals surface area contributed by atoms with Crippen molar-refractivity contribution in [2.75, 3.05) is 24.5 Å². The predicted octanol–water partition coefficient (Wildman–Crippen LogP) is 3.45. The van der Waals surface area contributed by atoms with E-state index in [1.807, 2.05) is 35.2 Å². The molecule has 4 heteroatoms. The van der Waals surface area contributed by atoms with E-state index in [2.05, 4.69) is 19.1 Å². The molecule has 130 valence electrons. The first-order valence-electron chi connectivity index (χ1n) is 9.20. The van der Waals surface area contributed by atoms with Gasteiger partial charge in [0.15, 0.2) is 0 Å². The molecule has 2 aromatic carbocycles. The Balaban J connectivity index is 1.55. The Labute approximate surface area is 148 Å². The Kier molecular flexibility index (Phi) is 4.20. The zero-order valence-electron chi connectivity index (χ0n) is 14.6. The Bertz CT molecular complexity index is 803. The lowest BCUT2D eigenvalue weighted by Crippen LogP contribution is -2.42. The zero-order chi connectivity index (χ0) is 17.4. The molecule has 4 rings (SSSR count). The van der Waals surface area contributed by atoms with Gasteiger partial charge in [-0.3, -0.25) is 9.59 Å². The van der Waals surface area contributed by atoms with E-state index in [0.29, 0.717) is 18.9 Å². The maximum absolute atomic E-state index is 12.8. The Morgan fingerprint density at radius 2 is 1.76 bits per heavy atom. The smallest absolute Gasteiger partial charge is 0.228 e. The van der Waals surface area contributed by atoms with Gasteiger partial charge >= 0.3 is 0 Å². The molecular weight excluding hydrogens is 312 g/mol. The number of fused-ring (bicyclic) bond motifs is 1. The summed E-state index contributed by atoms with van der Waals surface area (Å²) in [6.45, 7) is 4.40. The molecule has 2 fully saturated rings. The van der Waals surface area contributed by atoms with Crippen LogP contribution in [0.15, 0.2) is 42.5 Å². The van der Waals surface area contributed by atoms with E-state index >= 15 is 0 Å². The number of anilines is 1. The van der Waals surface area contributed by atoms with Gasteiger partial charge in [-0.1, -0.05) is 43.3 Å². The lowest BCUT2D eigenvalue weighted by atomic mass is 9.97. The molecule has 4 nitrogen and oxygen atoms in total. The summed E-state index contributed by atoms with van der Waals surface area (Å²) >= 11 is 0. The van der Waals surface area contributed by atoms with Crippen LogP contribution in [0.5, 0.6) is 0 Å². The summed E-state index contributed by atoms with van der Waals surface area (Å²) in [7, 11) is 0. The number of carbonyl (C=O) groups excluding carboxylic acids is 2. The molecule has 0 N–H and O–H groups in total. The maximum Gasteiger partial charge on any atom is 0.228 e. The Morgan fingerprint density at radius 3 is 2.56 bits per heavy atom. The minimum absolute atomic E-state index is 0.0556. The largest absolute Gasteiger partial charge is 0.342 e. The maximum atomic E-state index is 12.8. The highest BCUT2D eigenvalue weighted by Gasteiger charge is 2.38. The molecule has 2 heterocycles. The second-order valence-corrected chi connectivity index (χ2v) is 7.41. The highest BCUT2D eigenvalue weighted by Crippen LogP contribution is 2.32. The van der Waals surface area contributed by atoms with Crippen LogP contribution in [0.4, 0.5) is 5.69 Å². The fourth-order valence-corrected chi connectivity index (χ4v) is 4.04. The van der Waals surface area contributed by atoms with Crippen molar-refractivity contribution in [2.24, 2.45) is 11.8 Å². The second-order valence-electron chi connectivity index (χ2n) is 7.41. The summed E-state index contributed by atoms with van der Waals surface area (Å²) in [5.74, 6) is 0.699. The fourth-order valence-electron chi connectivity index (χ4n) is 4.04. The number of likely N-dealkylation sites (tertiary alicyclic amines) is 1. The molecule has 0 saturated carbocycles. The molecule has 0 aromatic heterocycles. The molecule has 0 aliphatic carbocycles. The third-order valence-corrected chi connectivity index (χ3v) is 5.63. The van der Waals surface area contributed by atoms with Crippen LogP contribution in [-0.4, -0.2) is 36.3 Å². The summed E-state index contributed by atoms with van der Waals surface area (Å²) in [5, 5.41) is 2.19. The average Bonchev–Trinajstić information content (AvgIpc) is 3.03. The molecule has 1 unspecified atom stereocenters. The number of carbonyl (C=O) groups is 2. The van der Waals surface area contributed by atoms with E-state index in [4.69, 9.17) is 0 Å². The number of hydrogen-bond acceptors (Lipinski definition) is 2. The first kappa shape index (κ1) is 16.1. The van der Waals surface area contributed by atoms with Crippen molar-refractivity contribution >= 4 is 28.3 Å². The van der Waals surface area contributed by atoms with Crippen LogP contribution >= 0.6 is 0 Å². The van der Waals surface area contributed by atoms with Gasteiger partial charge in [-0.2, -0.15) is 0 Å². The normalized spacial score (nSPS) is 22.0. The number of nitrogens with zero attached hydrogens (tertiary/aromatic N) is 2. The molecule has 25 heavy (non-hydrogen) atoms. The summed E-state index contributed by atoms with van der Waals surface area (Å²) in [4.78, 5) is 29.2. The minimum atomic E-state index is -0.208. The van der Waals surface area contributed by atoms with E-state index in [0.717, 1.165) is 42.4 Å². The Morgan fingerprint density at radius 1 is 1.04 bits per heavy atom. The van der Waals surface area contributed by atoms with Crippen molar-refractivity contribution in [2.45, 2.75) is 26.2 Å². The van der Waals surface area contributed by atoms with Gasteiger partial charge in [-0.15, -0.1) is 0 Å². The fraction of sp³-hybridized carbons (Fsp3) is 0.429. The van der Waals surface area contributed by atoms with Crippen molar-refractivity contribution in [3.8, 4) is 0 Å². The molecule has 2 aliphatic heterocycles. The monoisotopic (exact) mass is 336 g/mol. The van der Waals surface area contributed by atoms with Gasteiger partial charge in [-0.05, 0) is 30.2 Å². The summed E-state index contributed by atoms with van der Waals surface area (Å²) in [6, 6.07) is 14.1. The van der Waals surface area contributed by atoms with Crippen molar-refractivity contribution in [3.05, 3.63) is 42.5 Å². The summed E-state index contributed by atoms with van der Waals surface area (Å²) in [6.07, 6.45) is 2.47. The molecule has 2 saturated heterocycles. The first-order chi connectivity index (χ1) is 12.1. The highest BCUT2D eigenvalue weighted by atomic mass is 16.2. The van der Waals surface area contributed by atoms with Crippen LogP contribution in [0.2, 0.25) is 0 Å². The molecule has 0 spiro atoms. The second kappa shape index (κ2) is 6.51. The first-order valence-corrected chi connectivity index (χ1v) is 9.20. The lowest BCUT2D eigenvalue weighted by Gasteiger charge is -2.32. The van der Waals surface area contributed by atoms with E-state index in [-0.39, 0.29) is 17.7 Å². The van der Waals surface area contributed by atoms with Crippen molar-refractivity contribution in [1.29, 1.82) is 0 Å². The molecule has 0 radical (unpaired) electrons. The van der Waals surface area contributed by atoms with E-state index in [1.54, 1.807) is 4.90 Å². The zero-order valence-corrected chi connectivity index (χ0v) is 14.6. The van der Waals surface area contributed by atoms with Crippen LogP contribution in [0.1, 0.15) is 26.2 Å². The van der Waals surface area contributed by atoms with Crippen LogP contribution in [0.3, 0.4) is 0 Å². The van der Waals surface area contributed by atoms with Crippen LogP contribution in [-0.2, 0) is 9.59 Å². The molecule has 2 aromatic rings. The summed E-state index contributed by atoms with van der Waals surface area (Å²) < 4.78 is 0.